The second-order valence-corrected chi connectivity index (χ2v) is 6.92. The summed E-state index contributed by atoms with van der Waals surface area (Å²) in [5.74, 6) is 0.145. The van der Waals surface area contributed by atoms with E-state index in [1.54, 1.807) is 36.4 Å². The Hall–Kier alpha value is -2.20. The minimum atomic E-state index is -0.530. The minimum absolute atomic E-state index is 0.0178. The Morgan fingerprint density at radius 1 is 1.04 bits per heavy atom. The smallest absolute Gasteiger partial charge is 0.313 e. The molecule has 5 heteroatoms. The van der Waals surface area contributed by atoms with E-state index in [0.29, 0.717) is 22.2 Å². The van der Waals surface area contributed by atoms with Crippen LogP contribution in [0.4, 0.5) is 0 Å². The van der Waals surface area contributed by atoms with E-state index in [-0.39, 0.29) is 23.5 Å². The summed E-state index contributed by atoms with van der Waals surface area (Å²) in [7, 11) is 0. The van der Waals surface area contributed by atoms with E-state index >= 15 is 0 Å². The fourth-order valence-corrected chi connectivity index (χ4v) is 4.13. The third-order valence-electron chi connectivity index (χ3n) is 5.15. The lowest BCUT2D eigenvalue weighted by Gasteiger charge is -2.45. The van der Waals surface area contributed by atoms with Gasteiger partial charge in [-0.3, -0.25) is 4.79 Å². The molecule has 2 bridgehead atoms. The summed E-state index contributed by atoms with van der Waals surface area (Å²) in [5, 5.41) is 4.64. The van der Waals surface area contributed by atoms with Gasteiger partial charge in [0, 0.05) is 16.9 Å². The van der Waals surface area contributed by atoms with Crippen LogP contribution < -0.4 is 0 Å². The van der Waals surface area contributed by atoms with E-state index in [1.165, 1.54) is 0 Å². The average molecular weight is 342 g/mol. The van der Waals surface area contributed by atoms with Crippen molar-refractivity contribution in [3.63, 3.8) is 0 Å². The van der Waals surface area contributed by atoms with E-state index in [2.05, 4.69) is 17.3 Å². The van der Waals surface area contributed by atoms with Crippen molar-refractivity contribution in [1.82, 2.24) is 0 Å². The predicted molar refractivity (Wildman–Crippen MR) is 90.8 cm³/mol. The molecule has 1 aromatic rings. The van der Waals surface area contributed by atoms with Gasteiger partial charge in [-0.05, 0) is 61.1 Å². The summed E-state index contributed by atoms with van der Waals surface area (Å²) < 4.78 is 0. The number of hydrogen-bond acceptors (Lipinski definition) is 4. The Morgan fingerprint density at radius 3 is 2.38 bits per heavy atom. The van der Waals surface area contributed by atoms with Gasteiger partial charge >= 0.3 is 5.97 Å². The topological polar surface area (TPSA) is 55.7 Å². The molecule has 4 atom stereocenters. The highest BCUT2D eigenvalue weighted by molar-refractivity contribution is 6.30. The third kappa shape index (κ3) is 2.61. The number of carbonyl (C=O) groups excluding carboxylic acids is 2. The molecule has 0 radical (unpaired) electrons. The molecule has 122 valence electrons. The van der Waals surface area contributed by atoms with Gasteiger partial charge in [-0.15, -0.1) is 0 Å². The van der Waals surface area contributed by atoms with Crippen LogP contribution >= 0.6 is 11.6 Å². The van der Waals surface area contributed by atoms with E-state index in [9.17, 15) is 9.59 Å². The molecule has 0 saturated heterocycles. The average Bonchev–Trinajstić information content (AvgIpc) is 2.62. The summed E-state index contributed by atoms with van der Waals surface area (Å²) in [5.41, 5.74) is 1.07. The molecular weight excluding hydrogens is 326 g/mol. The van der Waals surface area contributed by atoms with Crippen LogP contribution in [0, 0.1) is 23.7 Å². The molecular formula is C19H16ClNO3. The highest BCUT2D eigenvalue weighted by Crippen LogP contribution is 2.47. The van der Waals surface area contributed by atoms with Crippen LogP contribution in [-0.2, 0) is 9.63 Å². The first-order valence-electron chi connectivity index (χ1n) is 8.08. The number of oxime groups is 1. The molecule has 0 aromatic heterocycles. The van der Waals surface area contributed by atoms with E-state index < -0.39 is 5.97 Å². The van der Waals surface area contributed by atoms with Gasteiger partial charge in [0.25, 0.3) is 0 Å². The fourth-order valence-electron chi connectivity index (χ4n) is 4.00. The molecule has 0 unspecified atom stereocenters. The largest absolute Gasteiger partial charge is 0.365 e. The van der Waals surface area contributed by atoms with Gasteiger partial charge in [-0.1, -0.05) is 28.9 Å². The number of hydrogen-bond donors (Lipinski definition) is 0. The van der Waals surface area contributed by atoms with Gasteiger partial charge in [0.05, 0.1) is 11.3 Å². The molecule has 1 saturated carbocycles. The van der Waals surface area contributed by atoms with Crippen molar-refractivity contribution in [1.29, 1.82) is 0 Å². The predicted octanol–water partition coefficient (Wildman–Crippen LogP) is 3.82. The van der Waals surface area contributed by atoms with Crippen molar-refractivity contribution in [3.8, 4) is 0 Å². The SMILES string of the molecule is O=C(O/N=C1\C=CC(=O)[C@@H]2[C@H]1[C@H]1C=C[C@H]2CC1)c1ccc(Cl)cc1. The van der Waals surface area contributed by atoms with Crippen LogP contribution in [0.3, 0.4) is 0 Å². The molecule has 0 N–H and O–H groups in total. The molecule has 5 rings (SSSR count). The van der Waals surface area contributed by atoms with Crippen LogP contribution in [-0.4, -0.2) is 17.5 Å². The van der Waals surface area contributed by atoms with Crippen molar-refractivity contribution in [2.45, 2.75) is 12.8 Å². The number of nitrogens with zero attached hydrogens (tertiary/aromatic N) is 1. The maximum absolute atomic E-state index is 12.3. The number of halogens is 1. The zero-order valence-corrected chi connectivity index (χ0v) is 13.6. The second kappa shape index (κ2) is 6.02. The number of benzene rings is 1. The summed E-state index contributed by atoms with van der Waals surface area (Å²) in [6.45, 7) is 0. The first-order chi connectivity index (χ1) is 11.6. The third-order valence-corrected chi connectivity index (χ3v) is 5.40. The number of fused-ring (bicyclic) bond motifs is 1. The second-order valence-electron chi connectivity index (χ2n) is 6.48. The van der Waals surface area contributed by atoms with Crippen molar-refractivity contribution in [3.05, 3.63) is 59.2 Å². The first-order valence-corrected chi connectivity index (χ1v) is 8.46. The quantitative estimate of drug-likeness (QED) is 0.467. The lowest BCUT2D eigenvalue weighted by atomic mass is 9.58. The monoisotopic (exact) mass is 341 g/mol. The lowest BCUT2D eigenvalue weighted by Crippen LogP contribution is -2.46. The van der Waals surface area contributed by atoms with Gasteiger partial charge in [0.1, 0.15) is 0 Å². The molecule has 4 nitrogen and oxygen atoms in total. The number of carbonyl (C=O) groups is 2. The minimum Gasteiger partial charge on any atom is -0.313 e. The molecule has 1 fully saturated rings. The van der Waals surface area contributed by atoms with Gasteiger partial charge in [-0.25, -0.2) is 4.79 Å². The van der Waals surface area contributed by atoms with Crippen molar-refractivity contribution in [2.75, 3.05) is 0 Å². The highest BCUT2D eigenvalue weighted by Gasteiger charge is 2.47. The Morgan fingerprint density at radius 2 is 1.71 bits per heavy atom. The summed E-state index contributed by atoms with van der Waals surface area (Å²) in [6, 6.07) is 6.45. The Bertz CT molecular complexity index is 778. The zero-order chi connectivity index (χ0) is 16.7. The summed E-state index contributed by atoms with van der Waals surface area (Å²) in [4.78, 5) is 29.5. The molecule has 0 heterocycles. The van der Waals surface area contributed by atoms with E-state index in [1.807, 2.05) is 0 Å². The van der Waals surface area contributed by atoms with E-state index in [4.69, 9.17) is 16.4 Å². The lowest BCUT2D eigenvalue weighted by molar-refractivity contribution is -0.122. The van der Waals surface area contributed by atoms with Gasteiger partial charge in [0.2, 0.25) is 0 Å². The molecule has 1 aromatic carbocycles. The molecule has 0 amide bonds. The molecule has 24 heavy (non-hydrogen) atoms. The molecule has 4 aliphatic rings. The van der Waals surface area contributed by atoms with Crippen LogP contribution in [0.15, 0.2) is 53.7 Å². The highest BCUT2D eigenvalue weighted by atomic mass is 35.5. The Balaban J connectivity index is 1.57. The number of allylic oxidation sites excluding steroid dienone is 4. The van der Waals surface area contributed by atoms with E-state index in [0.717, 1.165) is 12.8 Å². The number of ketones is 1. The Labute approximate surface area is 144 Å². The van der Waals surface area contributed by atoms with Crippen molar-refractivity contribution in [2.24, 2.45) is 28.8 Å². The summed E-state index contributed by atoms with van der Waals surface area (Å²) in [6.07, 6.45) is 9.67. The van der Waals surface area contributed by atoms with Crippen molar-refractivity contribution < 1.29 is 14.4 Å². The fraction of sp³-hybridized carbons (Fsp3) is 0.316. The zero-order valence-electron chi connectivity index (χ0n) is 12.9. The van der Waals surface area contributed by atoms with Crippen LogP contribution in [0.5, 0.6) is 0 Å². The van der Waals surface area contributed by atoms with Crippen molar-refractivity contribution >= 4 is 29.1 Å². The normalized spacial score (nSPS) is 32.0. The van der Waals surface area contributed by atoms with Gasteiger partial charge in [0.15, 0.2) is 5.78 Å². The summed E-state index contributed by atoms with van der Waals surface area (Å²) >= 11 is 5.81. The maximum Gasteiger partial charge on any atom is 0.365 e. The van der Waals surface area contributed by atoms with Crippen LogP contribution in [0.2, 0.25) is 5.02 Å². The maximum atomic E-state index is 12.3. The number of rotatable bonds is 2. The first kappa shape index (κ1) is 15.3. The van der Waals surface area contributed by atoms with Gasteiger partial charge < -0.3 is 4.84 Å². The molecule has 4 aliphatic carbocycles. The van der Waals surface area contributed by atoms with Crippen LogP contribution in [0.1, 0.15) is 23.2 Å². The molecule has 0 spiro atoms. The van der Waals surface area contributed by atoms with Crippen LogP contribution in [0.25, 0.3) is 0 Å². The van der Waals surface area contributed by atoms with Gasteiger partial charge in [-0.2, -0.15) is 0 Å². The Kier molecular flexibility index (Phi) is 3.85. The molecule has 0 aliphatic heterocycles. The standard InChI is InChI=1S/C19H16ClNO3/c20-14-7-5-13(6-8-14)19(23)24-21-15-9-10-16(22)18-12-3-1-11(2-4-12)17(15)18/h1,3,5-12,17-18H,2,4H2/b21-15+/t11-,12-,17-,18+/m0/s1.